The molecule has 190 valence electrons. The molecule has 0 aromatic heterocycles. The molecule has 9 heteroatoms. The summed E-state index contributed by atoms with van der Waals surface area (Å²) in [5.74, 6) is -1.88. The Hall–Kier alpha value is -1.32. The second-order valence-electron chi connectivity index (χ2n) is 10.3. The fraction of sp³-hybridized carbons (Fsp3) is 0.720. The molecule has 0 radical (unpaired) electrons. The number of aliphatic hydroxyl groups is 1. The van der Waals surface area contributed by atoms with Crippen molar-refractivity contribution >= 4 is 45.5 Å². The topological polar surface area (TPSA) is 87.2 Å². The molecule has 0 aliphatic carbocycles. The third-order valence-corrected chi connectivity index (χ3v) is 10.3. The van der Waals surface area contributed by atoms with Crippen molar-refractivity contribution in [1.29, 1.82) is 0 Å². The summed E-state index contributed by atoms with van der Waals surface area (Å²) in [6.45, 7) is 14.3. The first-order valence-corrected chi connectivity index (χ1v) is 13.8. The standard InChI is InChI=1S/C25H37BrN2O5S/c1-6-8-9-14-33-23(32)17-18-21(30)27(12-10-13-29)20(25(18)15-16(26)19(17)34-25)22(31)28(11-7-2)24(3,4)5/h6-7,16-20,29H,1-2,8-15H2,3-5H3/t16?,17-,18+,19-,20?,25?/m1/s1. The summed E-state index contributed by atoms with van der Waals surface area (Å²) in [4.78, 5) is 44.6. The average molecular weight is 558 g/mol. The van der Waals surface area contributed by atoms with E-state index in [2.05, 4.69) is 29.1 Å². The Morgan fingerprint density at radius 2 is 2.03 bits per heavy atom. The molecule has 6 atom stereocenters. The van der Waals surface area contributed by atoms with E-state index in [1.54, 1.807) is 33.7 Å². The number of allylic oxidation sites excluding steroid dienone is 1. The number of carbonyl (C=O) groups is 3. The van der Waals surface area contributed by atoms with E-state index < -0.39 is 28.2 Å². The smallest absolute Gasteiger partial charge is 0.310 e. The molecule has 34 heavy (non-hydrogen) atoms. The van der Waals surface area contributed by atoms with Gasteiger partial charge in [-0.05, 0) is 46.5 Å². The van der Waals surface area contributed by atoms with E-state index in [4.69, 9.17) is 4.74 Å². The molecule has 3 aliphatic heterocycles. The SMILES string of the molecule is C=CCCCOC(=O)[C@H]1[C@@H]2SC3(CC2Br)C(C(=O)N(CC=C)C(C)(C)C)N(CCCO)C(=O)[C@H]13. The fourth-order valence-electron chi connectivity index (χ4n) is 5.63. The summed E-state index contributed by atoms with van der Waals surface area (Å²) in [6, 6.07) is -0.704. The van der Waals surface area contributed by atoms with Gasteiger partial charge >= 0.3 is 5.97 Å². The van der Waals surface area contributed by atoms with Gasteiger partial charge in [-0.15, -0.1) is 24.9 Å². The maximum Gasteiger partial charge on any atom is 0.310 e. The lowest BCUT2D eigenvalue weighted by Gasteiger charge is -2.42. The van der Waals surface area contributed by atoms with Crippen LogP contribution in [0, 0.1) is 11.8 Å². The Morgan fingerprint density at radius 3 is 2.62 bits per heavy atom. The molecule has 1 spiro atoms. The number of halogens is 1. The van der Waals surface area contributed by atoms with Crippen LogP contribution in [0.15, 0.2) is 25.3 Å². The highest BCUT2D eigenvalue weighted by atomic mass is 79.9. The first-order valence-electron chi connectivity index (χ1n) is 12.0. The predicted molar refractivity (Wildman–Crippen MR) is 138 cm³/mol. The number of likely N-dealkylation sites (tertiary alicyclic amines) is 1. The molecule has 7 nitrogen and oxygen atoms in total. The minimum absolute atomic E-state index is 0.00265. The average Bonchev–Trinajstić information content (AvgIpc) is 3.35. The molecule has 2 amide bonds. The van der Waals surface area contributed by atoms with Crippen molar-refractivity contribution in [2.75, 3.05) is 26.3 Å². The summed E-state index contributed by atoms with van der Waals surface area (Å²) >= 11 is 5.35. The maximum atomic E-state index is 14.1. The number of aliphatic hydroxyl groups excluding tert-OH is 1. The van der Waals surface area contributed by atoms with Crippen molar-refractivity contribution in [2.45, 2.75) is 72.9 Å². The summed E-state index contributed by atoms with van der Waals surface area (Å²) < 4.78 is 4.88. The molecule has 0 aromatic rings. The Balaban J connectivity index is 1.99. The van der Waals surface area contributed by atoms with Crippen molar-refractivity contribution in [2.24, 2.45) is 11.8 Å². The third-order valence-electron chi connectivity index (χ3n) is 7.04. The largest absolute Gasteiger partial charge is 0.465 e. The summed E-state index contributed by atoms with van der Waals surface area (Å²) in [5.41, 5.74) is -0.468. The lowest BCUT2D eigenvalue weighted by molar-refractivity contribution is -0.154. The zero-order valence-corrected chi connectivity index (χ0v) is 22.8. The Morgan fingerprint density at radius 1 is 1.32 bits per heavy atom. The Labute approximate surface area is 215 Å². The van der Waals surface area contributed by atoms with Crippen molar-refractivity contribution in [3.8, 4) is 0 Å². The Kier molecular flexibility index (Phi) is 8.62. The van der Waals surface area contributed by atoms with Crippen LogP contribution in [-0.4, -0.2) is 85.4 Å². The number of hydrogen-bond acceptors (Lipinski definition) is 6. The van der Waals surface area contributed by atoms with E-state index in [-0.39, 0.29) is 47.6 Å². The minimum Gasteiger partial charge on any atom is -0.465 e. The molecule has 1 N–H and O–H groups in total. The summed E-state index contributed by atoms with van der Waals surface area (Å²) in [7, 11) is 0. The number of hydrogen-bond donors (Lipinski definition) is 1. The van der Waals surface area contributed by atoms with Gasteiger partial charge in [0.1, 0.15) is 6.04 Å². The van der Waals surface area contributed by atoms with Gasteiger partial charge in [0.15, 0.2) is 0 Å². The number of alkyl halides is 1. The summed E-state index contributed by atoms with van der Waals surface area (Å²) in [6.07, 6.45) is 5.91. The van der Waals surface area contributed by atoms with Crippen LogP contribution in [0.2, 0.25) is 0 Å². The van der Waals surface area contributed by atoms with Crippen molar-refractivity contribution in [1.82, 2.24) is 9.80 Å². The molecule has 0 saturated carbocycles. The number of fused-ring (bicyclic) bond motifs is 1. The monoisotopic (exact) mass is 556 g/mol. The molecule has 3 rings (SSSR count). The number of ether oxygens (including phenoxy) is 1. The quantitative estimate of drug-likeness (QED) is 0.182. The van der Waals surface area contributed by atoms with Crippen molar-refractivity contribution in [3.63, 3.8) is 0 Å². The number of thioether (sulfide) groups is 1. The van der Waals surface area contributed by atoms with E-state index >= 15 is 0 Å². The van der Waals surface area contributed by atoms with Crippen LogP contribution in [0.5, 0.6) is 0 Å². The molecule has 3 heterocycles. The van der Waals surface area contributed by atoms with Gasteiger partial charge in [-0.1, -0.05) is 28.1 Å². The van der Waals surface area contributed by atoms with E-state index in [0.717, 1.165) is 6.42 Å². The van der Waals surface area contributed by atoms with Crippen molar-refractivity contribution in [3.05, 3.63) is 25.3 Å². The number of rotatable bonds is 11. The second-order valence-corrected chi connectivity index (χ2v) is 13.0. The van der Waals surface area contributed by atoms with Crippen LogP contribution in [0.3, 0.4) is 0 Å². The molecule has 3 saturated heterocycles. The second kappa shape index (κ2) is 10.7. The number of carbonyl (C=O) groups excluding carboxylic acids is 3. The van der Waals surface area contributed by atoms with Gasteiger partial charge in [-0.3, -0.25) is 14.4 Å². The Bertz CT molecular complexity index is 831. The van der Waals surface area contributed by atoms with Gasteiger partial charge in [0.2, 0.25) is 11.8 Å². The maximum absolute atomic E-state index is 14.1. The van der Waals surface area contributed by atoms with E-state index in [9.17, 15) is 19.5 Å². The highest BCUT2D eigenvalue weighted by Gasteiger charge is 2.76. The molecule has 2 bridgehead atoms. The van der Waals surface area contributed by atoms with Gasteiger partial charge in [-0.25, -0.2) is 0 Å². The zero-order valence-electron chi connectivity index (χ0n) is 20.4. The van der Waals surface area contributed by atoms with Gasteiger partial charge in [0, 0.05) is 35.3 Å². The lowest BCUT2D eigenvalue weighted by Crippen LogP contribution is -2.59. The lowest BCUT2D eigenvalue weighted by atomic mass is 9.71. The van der Waals surface area contributed by atoms with Crippen LogP contribution in [0.1, 0.15) is 46.5 Å². The number of nitrogens with zero attached hydrogens (tertiary/aromatic N) is 2. The number of amides is 2. The molecule has 3 aliphatic rings. The van der Waals surface area contributed by atoms with Crippen LogP contribution in [-0.2, 0) is 19.1 Å². The first kappa shape index (κ1) is 27.3. The molecular weight excluding hydrogens is 520 g/mol. The van der Waals surface area contributed by atoms with Crippen molar-refractivity contribution < 1.29 is 24.2 Å². The van der Waals surface area contributed by atoms with Gasteiger partial charge in [0.25, 0.3) is 0 Å². The zero-order chi connectivity index (χ0) is 25.3. The van der Waals surface area contributed by atoms with Crippen LogP contribution in [0.4, 0.5) is 0 Å². The van der Waals surface area contributed by atoms with Crippen LogP contribution >= 0.6 is 27.7 Å². The highest BCUT2D eigenvalue weighted by Crippen LogP contribution is 2.68. The number of unbranched alkanes of at least 4 members (excludes halogenated alkanes) is 1. The minimum atomic E-state index is -0.710. The van der Waals surface area contributed by atoms with Crippen LogP contribution in [0.25, 0.3) is 0 Å². The molecule has 3 unspecified atom stereocenters. The first-order chi connectivity index (χ1) is 16.0. The highest BCUT2D eigenvalue weighted by molar-refractivity contribution is 9.09. The number of esters is 1. The van der Waals surface area contributed by atoms with E-state index in [1.165, 1.54) is 0 Å². The normalized spacial score (nSPS) is 32.0. The van der Waals surface area contributed by atoms with Gasteiger partial charge < -0.3 is 19.6 Å². The fourth-order valence-corrected chi connectivity index (χ4v) is 9.22. The predicted octanol–water partition coefficient (Wildman–Crippen LogP) is 3.16. The third kappa shape index (κ3) is 4.72. The molecule has 0 aromatic carbocycles. The van der Waals surface area contributed by atoms with Gasteiger partial charge in [-0.2, -0.15) is 0 Å². The van der Waals surface area contributed by atoms with E-state index in [0.29, 0.717) is 25.8 Å². The van der Waals surface area contributed by atoms with E-state index in [1.807, 2.05) is 20.8 Å². The van der Waals surface area contributed by atoms with Crippen LogP contribution < -0.4 is 0 Å². The summed E-state index contributed by atoms with van der Waals surface area (Å²) in [5, 5.41) is 9.35. The molecule has 3 fully saturated rings. The molecular formula is C25H37BrN2O5S. The van der Waals surface area contributed by atoms with Gasteiger partial charge in [0.05, 0.1) is 23.2 Å².